The number of amides is 1. The minimum Gasteiger partial charge on any atom is -0.393 e. The van der Waals surface area contributed by atoms with Crippen molar-refractivity contribution in [3.8, 4) is 0 Å². The lowest BCUT2D eigenvalue weighted by Gasteiger charge is -2.26. The number of aliphatic hydroxyl groups excluding tert-OH is 2. The van der Waals surface area contributed by atoms with E-state index in [9.17, 15) is 15.0 Å². The summed E-state index contributed by atoms with van der Waals surface area (Å²) in [4.78, 5) is 11.1. The Bertz CT molecular complexity index is 419. The molecule has 0 atom stereocenters. The van der Waals surface area contributed by atoms with Gasteiger partial charge in [-0.15, -0.1) is 0 Å². The van der Waals surface area contributed by atoms with Crippen LogP contribution in [0, 0.1) is 6.92 Å². The van der Waals surface area contributed by atoms with Crippen LogP contribution in [0.15, 0.2) is 30.3 Å². The molecular formula is C14H19NO3. The number of benzene rings is 1. The number of rotatable bonds is 5. The van der Waals surface area contributed by atoms with Crippen LogP contribution in [0.5, 0.6) is 0 Å². The molecule has 0 fully saturated rings. The Morgan fingerprint density at radius 1 is 1.28 bits per heavy atom. The number of carbonyl (C=O) groups excluding carboxylic acids is 1. The first kappa shape index (κ1) is 14.4. The molecule has 3 N–H and O–H groups in total. The van der Waals surface area contributed by atoms with E-state index < -0.39 is 5.54 Å². The monoisotopic (exact) mass is 249 g/mol. The minimum atomic E-state index is -1.11. The topological polar surface area (TPSA) is 69.6 Å². The normalized spacial score (nSPS) is 11.8. The molecule has 0 aliphatic heterocycles. The summed E-state index contributed by atoms with van der Waals surface area (Å²) in [7, 11) is 0. The number of aliphatic hydroxyl groups is 2. The zero-order valence-corrected chi connectivity index (χ0v) is 10.7. The van der Waals surface area contributed by atoms with Crippen LogP contribution in [0.4, 0.5) is 0 Å². The summed E-state index contributed by atoms with van der Waals surface area (Å²) in [5, 5.41) is 21.2. The van der Waals surface area contributed by atoms with Crippen molar-refractivity contribution in [2.75, 3.05) is 13.2 Å². The van der Waals surface area contributed by atoms with Crippen molar-refractivity contribution < 1.29 is 15.0 Å². The third-order valence-electron chi connectivity index (χ3n) is 2.66. The third-order valence-corrected chi connectivity index (χ3v) is 2.66. The fourth-order valence-corrected chi connectivity index (χ4v) is 1.56. The maximum atomic E-state index is 11.1. The Morgan fingerprint density at radius 2 is 1.83 bits per heavy atom. The van der Waals surface area contributed by atoms with Crippen LogP contribution < -0.4 is 5.32 Å². The predicted octanol–water partition coefficient (Wildman–Crippen LogP) is 0.868. The fraction of sp³-hybridized carbons (Fsp3) is 0.357. The summed E-state index contributed by atoms with van der Waals surface area (Å²) < 4.78 is 0. The molecule has 0 bridgehead atoms. The summed E-state index contributed by atoms with van der Waals surface area (Å²) in [5.74, 6) is -0.299. The zero-order valence-electron chi connectivity index (χ0n) is 10.7. The van der Waals surface area contributed by atoms with Crippen molar-refractivity contribution in [2.24, 2.45) is 0 Å². The first-order chi connectivity index (χ1) is 8.51. The Kier molecular flexibility index (Phi) is 5.07. The molecule has 0 spiro atoms. The Labute approximate surface area is 107 Å². The second-order valence-electron chi connectivity index (χ2n) is 4.40. The summed E-state index contributed by atoms with van der Waals surface area (Å²) in [6, 6.07) is 7.80. The largest absolute Gasteiger partial charge is 0.393 e. The highest BCUT2D eigenvalue weighted by molar-refractivity contribution is 5.74. The highest BCUT2D eigenvalue weighted by Crippen LogP contribution is 2.11. The van der Waals surface area contributed by atoms with Crippen LogP contribution >= 0.6 is 0 Å². The Hall–Kier alpha value is -1.65. The number of hydrogen-bond acceptors (Lipinski definition) is 3. The molecule has 0 aliphatic carbocycles. The SMILES string of the molecule is CC(=O)NC(C=Cc1ccc(C)cc1)(CO)CO. The van der Waals surface area contributed by atoms with Gasteiger partial charge in [0, 0.05) is 6.92 Å². The van der Waals surface area contributed by atoms with Gasteiger partial charge >= 0.3 is 0 Å². The summed E-state index contributed by atoms with van der Waals surface area (Å²) in [5.41, 5.74) is 0.985. The first-order valence-corrected chi connectivity index (χ1v) is 5.78. The third kappa shape index (κ3) is 3.98. The molecule has 0 heterocycles. The molecule has 0 saturated heterocycles. The summed E-state index contributed by atoms with van der Waals surface area (Å²) in [6.45, 7) is 2.63. The Balaban J connectivity index is 2.88. The zero-order chi connectivity index (χ0) is 13.6. The van der Waals surface area contributed by atoms with Crippen LogP contribution in [-0.2, 0) is 4.79 Å². The second kappa shape index (κ2) is 6.33. The molecule has 0 unspecified atom stereocenters. The van der Waals surface area contributed by atoms with Crippen molar-refractivity contribution in [3.05, 3.63) is 41.5 Å². The van der Waals surface area contributed by atoms with E-state index in [1.165, 1.54) is 6.92 Å². The van der Waals surface area contributed by atoms with Gasteiger partial charge in [-0.2, -0.15) is 0 Å². The van der Waals surface area contributed by atoms with Crippen LogP contribution in [0.1, 0.15) is 18.1 Å². The van der Waals surface area contributed by atoms with E-state index in [1.54, 1.807) is 12.2 Å². The quantitative estimate of drug-likeness (QED) is 0.725. The van der Waals surface area contributed by atoms with Gasteiger partial charge in [-0.25, -0.2) is 0 Å². The van der Waals surface area contributed by atoms with E-state index in [4.69, 9.17) is 0 Å². The van der Waals surface area contributed by atoms with Crippen LogP contribution in [-0.4, -0.2) is 34.9 Å². The molecule has 0 aliphatic rings. The van der Waals surface area contributed by atoms with Gasteiger partial charge in [0.05, 0.1) is 13.2 Å². The van der Waals surface area contributed by atoms with E-state index in [0.717, 1.165) is 11.1 Å². The maximum absolute atomic E-state index is 11.1. The van der Waals surface area contributed by atoms with Gasteiger partial charge in [0.1, 0.15) is 5.54 Å². The lowest BCUT2D eigenvalue weighted by Crippen LogP contribution is -2.52. The van der Waals surface area contributed by atoms with Gasteiger partial charge in [-0.3, -0.25) is 4.79 Å². The molecule has 4 nitrogen and oxygen atoms in total. The van der Waals surface area contributed by atoms with Gasteiger partial charge < -0.3 is 15.5 Å². The maximum Gasteiger partial charge on any atom is 0.217 e. The van der Waals surface area contributed by atoms with Gasteiger partial charge in [-0.05, 0) is 12.5 Å². The van der Waals surface area contributed by atoms with Crippen molar-refractivity contribution in [2.45, 2.75) is 19.4 Å². The molecule has 1 rings (SSSR count). The molecule has 1 amide bonds. The van der Waals surface area contributed by atoms with Crippen LogP contribution in [0.25, 0.3) is 6.08 Å². The number of aryl methyl sites for hydroxylation is 1. The van der Waals surface area contributed by atoms with E-state index in [1.807, 2.05) is 31.2 Å². The number of hydrogen-bond donors (Lipinski definition) is 3. The average molecular weight is 249 g/mol. The van der Waals surface area contributed by atoms with Crippen LogP contribution in [0.3, 0.4) is 0 Å². The van der Waals surface area contributed by atoms with Crippen molar-refractivity contribution in [3.63, 3.8) is 0 Å². The smallest absolute Gasteiger partial charge is 0.217 e. The van der Waals surface area contributed by atoms with Gasteiger partial charge in [0.15, 0.2) is 0 Å². The lowest BCUT2D eigenvalue weighted by molar-refractivity contribution is -0.121. The molecule has 18 heavy (non-hydrogen) atoms. The fourth-order valence-electron chi connectivity index (χ4n) is 1.56. The molecule has 1 aromatic rings. The van der Waals surface area contributed by atoms with Crippen molar-refractivity contribution in [1.29, 1.82) is 0 Å². The molecule has 1 aromatic carbocycles. The van der Waals surface area contributed by atoms with E-state index >= 15 is 0 Å². The highest BCUT2D eigenvalue weighted by Gasteiger charge is 2.26. The first-order valence-electron chi connectivity index (χ1n) is 5.78. The van der Waals surface area contributed by atoms with Gasteiger partial charge in [0.25, 0.3) is 0 Å². The number of nitrogens with one attached hydrogen (secondary N) is 1. The minimum absolute atomic E-state index is 0.299. The van der Waals surface area contributed by atoms with Gasteiger partial charge in [-0.1, -0.05) is 42.0 Å². The van der Waals surface area contributed by atoms with Crippen molar-refractivity contribution in [1.82, 2.24) is 5.32 Å². The summed E-state index contributed by atoms with van der Waals surface area (Å²) >= 11 is 0. The molecule has 98 valence electrons. The highest BCUT2D eigenvalue weighted by atomic mass is 16.3. The molecule has 0 saturated carbocycles. The number of carbonyl (C=O) groups is 1. The van der Waals surface area contributed by atoms with Crippen molar-refractivity contribution >= 4 is 12.0 Å². The standard InChI is InChI=1S/C14H19NO3/c1-11-3-5-13(6-4-11)7-8-14(9-16,10-17)15-12(2)18/h3-8,16-17H,9-10H2,1-2H3,(H,15,18). The summed E-state index contributed by atoms with van der Waals surface area (Å²) in [6.07, 6.45) is 3.38. The average Bonchev–Trinajstić information content (AvgIpc) is 2.36. The Morgan fingerprint density at radius 3 is 2.28 bits per heavy atom. The predicted molar refractivity (Wildman–Crippen MR) is 70.9 cm³/mol. The lowest BCUT2D eigenvalue weighted by atomic mass is 9.99. The molecule has 4 heteroatoms. The van der Waals surface area contributed by atoms with E-state index in [0.29, 0.717) is 0 Å². The second-order valence-corrected chi connectivity index (χ2v) is 4.40. The van der Waals surface area contributed by atoms with Crippen LogP contribution in [0.2, 0.25) is 0 Å². The molecular weight excluding hydrogens is 230 g/mol. The van der Waals surface area contributed by atoms with Gasteiger partial charge in [0.2, 0.25) is 5.91 Å². The molecule has 0 aromatic heterocycles. The van der Waals surface area contributed by atoms with E-state index in [-0.39, 0.29) is 19.1 Å². The van der Waals surface area contributed by atoms with E-state index in [2.05, 4.69) is 5.32 Å². The molecule has 0 radical (unpaired) electrons.